The second kappa shape index (κ2) is 7.21. The number of carbonyl (C=O) groups is 1. The van der Waals surface area contributed by atoms with Crippen LogP contribution < -0.4 is 5.32 Å². The topological polar surface area (TPSA) is 93.4 Å². The van der Waals surface area contributed by atoms with Gasteiger partial charge in [0.2, 0.25) is 0 Å². The molecule has 7 nitrogen and oxygen atoms in total. The van der Waals surface area contributed by atoms with Gasteiger partial charge in [0.05, 0.1) is 33.8 Å². The molecule has 2 aliphatic heterocycles. The molecule has 2 aliphatic rings. The van der Waals surface area contributed by atoms with E-state index in [-0.39, 0.29) is 22.8 Å². The Morgan fingerprint density at radius 1 is 1.29 bits per heavy atom. The summed E-state index contributed by atoms with van der Waals surface area (Å²) in [5.41, 5.74) is 3.34. The molecule has 1 amide bonds. The van der Waals surface area contributed by atoms with Crippen molar-refractivity contribution >= 4 is 44.4 Å². The number of aromatic nitrogens is 2. The number of benzene rings is 1. The van der Waals surface area contributed by atoms with Crippen molar-refractivity contribution in [1.29, 1.82) is 0 Å². The van der Waals surface area contributed by atoms with Gasteiger partial charge in [-0.2, -0.15) is 5.10 Å². The minimum atomic E-state index is -2.99. The molecule has 0 spiro atoms. The molecule has 0 radical (unpaired) electrons. The number of hydrogen-bond donors (Lipinski definition) is 1. The molecular formula is C19H20N4O3S2. The van der Waals surface area contributed by atoms with Crippen molar-refractivity contribution in [1.82, 2.24) is 15.1 Å². The van der Waals surface area contributed by atoms with Gasteiger partial charge in [0.15, 0.2) is 9.84 Å². The van der Waals surface area contributed by atoms with Crippen molar-refractivity contribution in [3.63, 3.8) is 0 Å². The van der Waals surface area contributed by atoms with E-state index < -0.39 is 9.84 Å². The van der Waals surface area contributed by atoms with E-state index >= 15 is 0 Å². The Morgan fingerprint density at radius 3 is 2.71 bits per heavy atom. The molecular weight excluding hydrogens is 396 g/mol. The SMILES string of the molecule is Cc1nn(C2CCS(=O)(=O)C2)c(C)c1/C=C1\SC(=O)NC1=Nc1ccccc1. The molecule has 9 heteroatoms. The van der Waals surface area contributed by atoms with Crippen LogP contribution in [0.15, 0.2) is 40.2 Å². The first-order chi connectivity index (χ1) is 13.3. The zero-order valence-corrected chi connectivity index (χ0v) is 17.2. The summed E-state index contributed by atoms with van der Waals surface area (Å²) in [4.78, 5) is 17.2. The summed E-state index contributed by atoms with van der Waals surface area (Å²) >= 11 is 1.09. The number of para-hydroxylation sites is 1. The van der Waals surface area contributed by atoms with Gasteiger partial charge >= 0.3 is 0 Å². The Kier molecular flexibility index (Phi) is 4.88. The molecule has 1 aromatic heterocycles. The number of aryl methyl sites for hydroxylation is 1. The Hall–Kier alpha value is -2.39. The van der Waals surface area contributed by atoms with Crippen LogP contribution >= 0.6 is 11.8 Å². The fraction of sp³-hybridized carbons (Fsp3) is 0.316. The number of nitrogens with zero attached hydrogens (tertiary/aromatic N) is 3. The normalized spacial score (nSPS) is 24.2. The minimum absolute atomic E-state index is 0.125. The third-order valence-electron chi connectivity index (χ3n) is 4.86. The summed E-state index contributed by atoms with van der Waals surface area (Å²) in [6.07, 6.45) is 2.48. The molecule has 3 heterocycles. The summed E-state index contributed by atoms with van der Waals surface area (Å²) in [6.45, 7) is 3.82. The van der Waals surface area contributed by atoms with Gasteiger partial charge in [0, 0.05) is 11.3 Å². The van der Waals surface area contributed by atoms with Crippen LogP contribution in [0.2, 0.25) is 0 Å². The number of rotatable bonds is 3. The van der Waals surface area contributed by atoms with Gasteiger partial charge in [-0.3, -0.25) is 9.48 Å². The average Bonchev–Trinajstić information content (AvgIpc) is 3.27. The van der Waals surface area contributed by atoms with Gasteiger partial charge in [-0.25, -0.2) is 13.4 Å². The molecule has 28 heavy (non-hydrogen) atoms. The predicted molar refractivity (Wildman–Crippen MR) is 112 cm³/mol. The number of amides is 1. The smallest absolute Gasteiger partial charge is 0.289 e. The zero-order chi connectivity index (χ0) is 19.9. The van der Waals surface area contributed by atoms with E-state index in [9.17, 15) is 13.2 Å². The van der Waals surface area contributed by atoms with Crippen LogP contribution in [-0.2, 0) is 9.84 Å². The maximum Gasteiger partial charge on any atom is 0.289 e. The molecule has 2 aromatic rings. The summed E-state index contributed by atoms with van der Waals surface area (Å²) in [5, 5.41) is 7.19. The van der Waals surface area contributed by atoms with Gasteiger partial charge in [0.25, 0.3) is 5.24 Å². The maximum absolute atomic E-state index is 11.9. The van der Waals surface area contributed by atoms with E-state index in [4.69, 9.17) is 0 Å². The summed E-state index contributed by atoms with van der Waals surface area (Å²) in [6, 6.07) is 9.29. The molecule has 146 valence electrons. The molecule has 2 fully saturated rings. The number of hydrogen-bond acceptors (Lipinski definition) is 6. The number of aliphatic imine (C=N–C) groups is 1. The number of amidine groups is 1. The maximum atomic E-state index is 11.9. The minimum Gasteiger partial charge on any atom is -0.300 e. The van der Waals surface area contributed by atoms with Crippen molar-refractivity contribution in [2.75, 3.05) is 11.5 Å². The molecule has 1 unspecified atom stereocenters. The largest absolute Gasteiger partial charge is 0.300 e. The highest BCUT2D eigenvalue weighted by Gasteiger charge is 2.32. The quantitative estimate of drug-likeness (QED) is 0.828. The fourth-order valence-corrected chi connectivity index (χ4v) is 5.89. The van der Waals surface area contributed by atoms with Gasteiger partial charge in [-0.05, 0) is 50.2 Å². The number of thioether (sulfide) groups is 1. The van der Waals surface area contributed by atoms with Crippen molar-refractivity contribution in [2.45, 2.75) is 26.3 Å². The summed E-state index contributed by atoms with van der Waals surface area (Å²) in [7, 11) is -2.99. The monoisotopic (exact) mass is 416 g/mol. The highest BCUT2D eigenvalue weighted by atomic mass is 32.2. The first-order valence-corrected chi connectivity index (χ1v) is 11.6. The molecule has 2 saturated heterocycles. The van der Waals surface area contributed by atoms with Crippen LogP contribution in [0, 0.1) is 13.8 Å². The lowest BCUT2D eigenvalue weighted by Gasteiger charge is -2.11. The van der Waals surface area contributed by atoms with Crippen LogP contribution in [0.4, 0.5) is 10.5 Å². The van der Waals surface area contributed by atoms with Crippen LogP contribution in [0.25, 0.3) is 6.08 Å². The van der Waals surface area contributed by atoms with Crippen LogP contribution in [0.5, 0.6) is 0 Å². The van der Waals surface area contributed by atoms with E-state index in [1.54, 1.807) is 0 Å². The van der Waals surface area contributed by atoms with Crippen molar-refractivity contribution in [3.8, 4) is 0 Å². The van der Waals surface area contributed by atoms with Gasteiger partial charge in [-0.15, -0.1) is 0 Å². The Morgan fingerprint density at radius 2 is 2.04 bits per heavy atom. The third-order valence-corrected chi connectivity index (χ3v) is 7.43. The van der Waals surface area contributed by atoms with Gasteiger partial charge in [0.1, 0.15) is 5.84 Å². The van der Waals surface area contributed by atoms with E-state index in [1.165, 1.54) is 0 Å². The molecule has 1 N–H and O–H groups in total. The van der Waals surface area contributed by atoms with E-state index in [1.807, 2.05) is 54.9 Å². The first-order valence-electron chi connectivity index (χ1n) is 8.93. The lowest BCUT2D eigenvalue weighted by Crippen LogP contribution is -2.18. The van der Waals surface area contributed by atoms with Crippen molar-refractivity contribution in [3.05, 3.63) is 52.2 Å². The van der Waals surface area contributed by atoms with Crippen molar-refractivity contribution < 1.29 is 13.2 Å². The number of sulfone groups is 1. The lowest BCUT2D eigenvalue weighted by molar-refractivity contribution is 0.265. The average molecular weight is 417 g/mol. The molecule has 4 rings (SSSR count). The standard InChI is InChI=1S/C19H20N4O3S2/c1-12-16(13(2)23(22-12)15-8-9-28(25,26)11-15)10-17-18(21-19(24)27-17)20-14-6-4-3-5-7-14/h3-7,10,15H,8-9,11H2,1-2H3,(H,20,21,24)/b17-10-. The Labute approximate surface area is 167 Å². The fourth-order valence-electron chi connectivity index (χ4n) is 3.48. The van der Waals surface area contributed by atoms with Crippen LogP contribution in [0.3, 0.4) is 0 Å². The second-order valence-corrected chi connectivity index (χ2v) is 10.1. The lowest BCUT2D eigenvalue weighted by atomic mass is 10.1. The molecule has 0 saturated carbocycles. The summed E-state index contributed by atoms with van der Waals surface area (Å²) < 4.78 is 25.5. The van der Waals surface area contributed by atoms with Gasteiger partial charge in [-0.1, -0.05) is 18.2 Å². The first kappa shape index (κ1) is 18.9. The van der Waals surface area contributed by atoms with Crippen LogP contribution in [0.1, 0.15) is 29.4 Å². The second-order valence-electron chi connectivity index (χ2n) is 6.90. The zero-order valence-electron chi connectivity index (χ0n) is 15.5. The molecule has 1 atom stereocenters. The number of nitrogens with one attached hydrogen (secondary N) is 1. The Balaban J connectivity index is 1.70. The predicted octanol–water partition coefficient (Wildman–Crippen LogP) is 3.39. The Bertz CT molecular complexity index is 1100. The third kappa shape index (κ3) is 3.77. The van der Waals surface area contributed by atoms with Crippen molar-refractivity contribution in [2.24, 2.45) is 4.99 Å². The highest BCUT2D eigenvalue weighted by molar-refractivity contribution is 8.18. The van der Waals surface area contributed by atoms with E-state index in [0.717, 1.165) is 39.3 Å². The van der Waals surface area contributed by atoms with E-state index in [2.05, 4.69) is 15.4 Å². The summed E-state index contributed by atoms with van der Waals surface area (Å²) in [5.74, 6) is 0.839. The molecule has 0 aliphatic carbocycles. The molecule has 0 bridgehead atoms. The van der Waals surface area contributed by atoms with Gasteiger partial charge < -0.3 is 5.32 Å². The number of carbonyl (C=O) groups excluding carboxylic acids is 1. The molecule has 1 aromatic carbocycles. The van der Waals surface area contributed by atoms with E-state index in [0.29, 0.717) is 12.3 Å². The highest BCUT2D eigenvalue weighted by Crippen LogP contribution is 2.32. The van der Waals surface area contributed by atoms with Crippen LogP contribution in [-0.4, -0.2) is 40.8 Å².